The van der Waals surface area contributed by atoms with Crippen molar-refractivity contribution in [3.8, 4) is 0 Å². The molecule has 0 fully saturated rings. The Labute approximate surface area is 83.8 Å². The highest BCUT2D eigenvalue weighted by molar-refractivity contribution is 5.06. The molecule has 0 amide bonds. The van der Waals surface area contributed by atoms with Crippen LogP contribution in [0.3, 0.4) is 0 Å². The van der Waals surface area contributed by atoms with E-state index in [1.54, 1.807) is 6.20 Å². The number of nitrogens with zero attached hydrogens (tertiary/aromatic N) is 1. The first-order valence-corrected chi connectivity index (χ1v) is 4.85. The van der Waals surface area contributed by atoms with Crippen molar-refractivity contribution in [2.45, 2.75) is 26.8 Å². The van der Waals surface area contributed by atoms with E-state index in [0.717, 1.165) is 12.0 Å². The van der Waals surface area contributed by atoms with E-state index in [9.17, 15) is 4.79 Å². The van der Waals surface area contributed by atoms with Gasteiger partial charge in [0, 0.05) is 11.8 Å². The lowest BCUT2D eigenvalue weighted by Crippen LogP contribution is -2.20. The second-order valence-electron chi connectivity index (χ2n) is 3.81. The second-order valence-corrected chi connectivity index (χ2v) is 3.81. The molecule has 0 radical (unpaired) electrons. The minimum Gasteiger partial charge on any atom is -0.313 e. The lowest BCUT2D eigenvalue weighted by molar-refractivity contribution is 0.635. The molecule has 1 heterocycles. The van der Waals surface area contributed by atoms with Crippen molar-refractivity contribution in [3.63, 3.8) is 0 Å². The predicted octanol–water partition coefficient (Wildman–Crippen LogP) is 0.688. The van der Waals surface area contributed by atoms with Crippen LogP contribution >= 0.6 is 0 Å². The number of rotatable bonds is 4. The van der Waals surface area contributed by atoms with Crippen molar-refractivity contribution in [3.05, 3.63) is 27.9 Å². The van der Waals surface area contributed by atoms with Gasteiger partial charge >= 0.3 is 0 Å². The van der Waals surface area contributed by atoms with E-state index in [4.69, 9.17) is 0 Å². The molecule has 0 aliphatic rings. The molecule has 1 aromatic rings. The molecule has 0 aromatic carbocycles. The van der Waals surface area contributed by atoms with Crippen molar-refractivity contribution in [1.29, 1.82) is 0 Å². The molecule has 14 heavy (non-hydrogen) atoms. The summed E-state index contributed by atoms with van der Waals surface area (Å²) >= 11 is 0. The molecule has 1 aromatic heterocycles. The fraction of sp³-hybridized carbons (Fsp3) is 0.600. The highest BCUT2D eigenvalue weighted by atomic mass is 16.1. The molecule has 0 saturated carbocycles. The summed E-state index contributed by atoms with van der Waals surface area (Å²) in [5.74, 6) is 1.16. The van der Waals surface area contributed by atoms with Gasteiger partial charge in [0.05, 0.1) is 6.54 Å². The van der Waals surface area contributed by atoms with E-state index in [2.05, 4.69) is 29.1 Å². The summed E-state index contributed by atoms with van der Waals surface area (Å²) in [5, 5.41) is 2.94. The summed E-state index contributed by atoms with van der Waals surface area (Å²) in [6.07, 6.45) is 2.45. The molecule has 0 unspecified atom stereocenters. The summed E-state index contributed by atoms with van der Waals surface area (Å²) in [7, 11) is 1.82. The summed E-state index contributed by atoms with van der Waals surface area (Å²) in [6.45, 7) is 4.76. The number of aromatic amines is 1. The van der Waals surface area contributed by atoms with E-state index >= 15 is 0 Å². The monoisotopic (exact) mass is 195 g/mol. The largest absolute Gasteiger partial charge is 0.313 e. The average Bonchev–Trinajstić information content (AvgIpc) is 2.10. The van der Waals surface area contributed by atoms with Gasteiger partial charge < -0.3 is 10.3 Å². The molecule has 2 N–H and O–H groups in total. The third kappa shape index (κ3) is 2.96. The molecule has 4 nitrogen and oxygen atoms in total. The highest BCUT2D eigenvalue weighted by Crippen LogP contribution is 2.01. The lowest BCUT2D eigenvalue weighted by Gasteiger charge is -2.04. The van der Waals surface area contributed by atoms with Crippen LogP contribution in [-0.4, -0.2) is 17.0 Å². The zero-order valence-corrected chi connectivity index (χ0v) is 8.92. The third-order valence-electron chi connectivity index (χ3n) is 1.90. The van der Waals surface area contributed by atoms with Gasteiger partial charge in [-0.3, -0.25) is 4.79 Å². The van der Waals surface area contributed by atoms with E-state index in [1.807, 2.05) is 7.05 Å². The van der Waals surface area contributed by atoms with Crippen LogP contribution in [0.15, 0.2) is 11.0 Å². The maximum Gasteiger partial charge on any atom is 0.254 e. The van der Waals surface area contributed by atoms with Crippen LogP contribution in [0.4, 0.5) is 0 Å². The quantitative estimate of drug-likeness (QED) is 0.743. The number of hydrogen-bond donors (Lipinski definition) is 2. The normalized spacial score (nSPS) is 10.9. The smallest absolute Gasteiger partial charge is 0.254 e. The Bertz CT molecular complexity index is 343. The first-order chi connectivity index (χ1) is 6.63. The summed E-state index contributed by atoms with van der Waals surface area (Å²) in [5.41, 5.74) is 0.749. The molecule has 0 atom stereocenters. The SMILES string of the molecule is CNCc1ncc(CC(C)C)c(=O)[nH]1. The molecule has 0 saturated heterocycles. The molecule has 0 aliphatic carbocycles. The van der Waals surface area contributed by atoms with Gasteiger partial charge in [-0.05, 0) is 19.4 Å². The van der Waals surface area contributed by atoms with Crippen LogP contribution in [0.25, 0.3) is 0 Å². The van der Waals surface area contributed by atoms with Gasteiger partial charge in [0.25, 0.3) is 5.56 Å². The predicted molar refractivity (Wildman–Crippen MR) is 56.2 cm³/mol. The van der Waals surface area contributed by atoms with Gasteiger partial charge in [0.1, 0.15) is 5.82 Å². The zero-order chi connectivity index (χ0) is 10.6. The van der Waals surface area contributed by atoms with E-state index in [-0.39, 0.29) is 5.56 Å². The van der Waals surface area contributed by atoms with Crippen LogP contribution in [0.2, 0.25) is 0 Å². The summed E-state index contributed by atoms with van der Waals surface area (Å²) < 4.78 is 0. The highest BCUT2D eigenvalue weighted by Gasteiger charge is 2.04. The summed E-state index contributed by atoms with van der Waals surface area (Å²) in [4.78, 5) is 18.4. The molecular formula is C10H17N3O. The Kier molecular flexibility index (Phi) is 3.83. The van der Waals surface area contributed by atoms with Crippen LogP contribution in [-0.2, 0) is 13.0 Å². The molecule has 0 aliphatic heterocycles. The summed E-state index contributed by atoms with van der Waals surface area (Å²) in [6, 6.07) is 0. The number of hydrogen-bond acceptors (Lipinski definition) is 3. The molecule has 78 valence electrons. The maximum absolute atomic E-state index is 11.5. The van der Waals surface area contributed by atoms with Crippen molar-refractivity contribution in [2.75, 3.05) is 7.05 Å². The van der Waals surface area contributed by atoms with Crippen molar-refractivity contribution in [2.24, 2.45) is 5.92 Å². The number of aromatic nitrogens is 2. The molecular weight excluding hydrogens is 178 g/mol. The van der Waals surface area contributed by atoms with Gasteiger partial charge in [0.2, 0.25) is 0 Å². The van der Waals surface area contributed by atoms with Gasteiger partial charge in [-0.25, -0.2) is 4.98 Å². The number of H-pyrrole nitrogens is 1. The van der Waals surface area contributed by atoms with Gasteiger partial charge in [0.15, 0.2) is 0 Å². The Morgan fingerprint density at radius 2 is 2.29 bits per heavy atom. The van der Waals surface area contributed by atoms with Crippen molar-refractivity contribution in [1.82, 2.24) is 15.3 Å². The standard InChI is InChI=1S/C10H17N3O/c1-7(2)4-8-5-12-9(6-11-3)13-10(8)14/h5,7,11H,4,6H2,1-3H3,(H,12,13,14). The van der Waals surface area contributed by atoms with E-state index in [1.165, 1.54) is 0 Å². The number of nitrogens with one attached hydrogen (secondary N) is 2. The first kappa shape index (κ1) is 10.9. The van der Waals surface area contributed by atoms with Gasteiger partial charge in [-0.1, -0.05) is 13.8 Å². The second kappa shape index (κ2) is 4.91. The van der Waals surface area contributed by atoms with Crippen LogP contribution < -0.4 is 10.9 Å². The fourth-order valence-corrected chi connectivity index (χ4v) is 1.30. The van der Waals surface area contributed by atoms with Crippen molar-refractivity contribution >= 4 is 0 Å². The molecule has 0 spiro atoms. The third-order valence-corrected chi connectivity index (χ3v) is 1.90. The van der Waals surface area contributed by atoms with Gasteiger partial charge in [-0.15, -0.1) is 0 Å². The Morgan fingerprint density at radius 3 is 2.79 bits per heavy atom. The molecule has 1 rings (SSSR count). The average molecular weight is 195 g/mol. The topological polar surface area (TPSA) is 57.8 Å². The zero-order valence-electron chi connectivity index (χ0n) is 8.92. The lowest BCUT2D eigenvalue weighted by atomic mass is 10.1. The minimum atomic E-state index is -0.0149. The Hall–Kier alpha value is -1.16. The first-order valence-electron chi connectivity index (χ1n) is 4.85. The fourth-order valence-electron chi connectivity index (χ4n) is 1.30. The van der Waals surface area contributed by atoms with E-state index in [0.29, 0.717) is 18.3 Å². The van der Waals surface area contributed by atoms with Crippen molar-refractivity contribution < 1.29 is 0 Å². The molecule has 4 heteroatoms. The Balaban J connectivity index is 2.85. The minimum absolute atomic E-state index is 0.0149. The van der Waals surface area contributed by atoms with Crippen LogP contribution in [0.5, 0.6) is 0 Å². The van der Waals surface area contributed by atoms with Crippen LogP contribution in [0, 0.1) is 5.92 Å². The van der Waals surface area contributed by atoms with E-state index < -0.39 is 0 Å². The maximum atomic E-state index is 11.5. The molecule has 0 bridgehead atoms. The van der Waals surface area contributed by atoms with Crippen LogP contribution in [0.1, 0.15) is 25.2 Å². The Morgan fingerprint density at radius 1 is 1.57 bits per heavy atom. The van der Waals surface area contributed by atoms with Gasteiger partial charge in [-0.2, -0.15) is 0 Å².